The average Bonchev–Trinajstić information content (AvgIpc) is 2.73. The zero-order valence-corrected chi connectivity index (χ0v) is 20.0. The van der Waals surface area contributed by atoms with Gasteiger partial charge in [0.2, 0.25) is 0 Å². The molecule has 3 rings (SSSR count). The molecule has 0 aromatic heterocycles. The van der Waals surface area contributed by atoms with Gasteiger partial charge in [0.05, 0.1) is 6.61 Å². The van der Waals surface area contributed by atoms with Crippen LogP contribution in [0.4, 0.5) is 0 Å². The molecular formula is C21H23O5PS3. The maximum absolute atomic E-state index is 12.7. The van der Waals surface area contributed by atoms with E-state index in [2.05, 4.69) is 6.92 Å². The number of fused-ring (bicyclic) bond motifs is 1. The van der Waals surface area contributed by atoms with Gasteiger partial charge in [0.15, 0.2) is 0 Å². The smallest absolute Gasteiger partial charge is 0.339 e. The van der Waals surface area contributed by atoms with Gasteiger partial charge >= 0.3 is 10.1 Å². The van der Waals surface area contributed by atoms with E-state index in [0.29, 0.717) is 12.4 Å². The van der Waals surface area contributed by atoms with Gasteiger partial charge in [-0.2, -0.15) is 8.42 Å². The highest BCUT2D eigenvalue weighted by Crippen LogP contribution is 2.60. The Hall–Kier alpha value is -1.57. The summed E-state index contributed by atoms with van der Waals surface area (Å²) in [6.45, 7) is 4.42. The van der Waals surface area contributed by atoms with Gasteiger partial charge in [0.25, 0.3) is 5.69 Å². The van der Waals surface area contributed by atoms with Crippen molar-refractivity contribution >= 4 is 49.8 Å². The minimum atomic E-state index is -3.96. The van der Waals surface area contributed by atoms with Crippen LogP contribution >= 0.6 is 17.1 Å². The molecule has 0 aliphatic rings. The molecule has 0 heterocycles. The average molecular weight is 483 g/mol. The van der Waals surface area contributed by atoms with Crippen molar-refractivity contribution in [1.82, 2.24) is 0 Å². The summed E-state index contributed by atoms with van der Waals surface area (Å²) in [6, 6.07) is 18.8. The van der Waals surface area contributed by atoms with E-state index in [1.54, 1.807) is 36.4 Å². The van der Waals surface area contributed by atoms with Crippen molar-refractivity contribution in [3.63, 3.8) is 0 Å². The quantitative estimate of drug-likeness (QED) is 0.245. The van der Waals surface area contributed by atoms with Gasteiger partial charge in [-0.15, -0.1) is 0 Å². The van der Waals surface area contributed by atoms with Gasteiger partial charge in [-0.05, 0) is 72.3 Å². The molecule has 1 atom stereocenters. The van der Waals surface area contributed by atoms with Gasteiger partial charge in [-0.25, -0.2) is 0 Å². The third-order valence-corrected chi connectivity index (χ3v) is 10.7. The van der Waals surface area contributed by atoms with Crippen molar-refractivity contribution < 1.29 is 21.6 Å². The summed E-state index contributed by atoms with van der Waals surface area (Å²) in [7, 11) is -3.96. The Bertz CT molecular complexity index is 1150. The van der Waals surface area contributed by atoms with E-state index in [1.807, 2.05) is 31.2 Å². The Morgan fingerprint density at radius 1 is 0.933 bits per heavy atom. The molecule has 0 saturated carbocycles. The summed E-state index contributed by atoms with van der Waals surface area (Å²) in [6.07, 6.45) is 0.971. The lowest BCUT2D eigenvalue weighted by molar-refractivity contribution is 0.344. The minimum absolute atomic E-state index is 0.101. The summed E-state index contributed by atoms with van der Waals surface area (Å²) in [5, 5.41) is 1.79. The topological polar surface area (TPSA) is 61.8 Å². The van der Waals surface area contributed by atoms with Crippen LogP contribution in [0.15, 0.2) is 71.6 Å². The van der Waals surface area contributed by atoms with E-state index < -0.39 is 15.8 Å². The second kappa shape index (κ2) is 10.2. The molecular weight excluding hydrogens is 459 g/mol. The van der Waals surface area contributed by atoms with Crippen LogP contribution < -0.4 is 8.71 Å². The molecule has 0 radical (unpaired) electrons. The highest BCUT2D eigenvalue weighted by Gasteiger charge is 2.21. The number of rotatable bonds is 10. The molecule has 3 aromatic carbocycles. The summed E-state index contributed by atoms with van der Waals surface area (Å²) < 4.78 is 42.2. The fourth-order valence-electron chi connectivity index (χ4n) is 2.63. The molecule has 0 aliphatic carbocycles. The second-order valence-corrected chi connectivity index (χ2v) is 14.2. The molecule has 0 bridgehead atoms. The first kappa shape index (κ1) is 23.1. The van der Waals surface area contributed by atoms with Gasteiger partial charge in [0, 0.05) is 5.75 Å². The zero-order chi connectivity index (χ0) is 21.6. The van der Waals surface area contributed by atoms with Crippen molar-refractivity contribution in [2.75, 3.05) is 12.4 Å². The fourth-order valence-corrected chi connectivity index (χ4v) is 8.30. The zero-order valence-electron chi connectivity index (χ0n) is 16.7. The lowest BCUT2D eigenvalue weighted by Crippen LogP contribution is -2.09. The van der Waals surface area contributed by atoms with Crippen LogP contribution in [-0.2, 0) is 26.4 Å². The predicted molar refractivity (Wildman–Crippen MR) is 127 cm³/mol. The van der Waals surface area contributed by atoms with Crippen molar-refractivity contribution in [1.29, 1.82) is 0 Å². The van der Waals surface area contributed by atoms with E-state index in [9.17, 15) is 8.42 Å². The Morgan fingerprint density at radius 3 is 2.27 bits per heavy atom. The highest BCUT2D eigenvalue weighted by atomic mass is 32.9. The molecule has 1 unspecified atom stereocenters. The third-order valence-electron chi connectivity index (χ3n) is 4.00. The SMILES string of the molecule is CCCSP(=S)(OCC)Oc1ccc(OS(=O)(=O)c2ccc3ccccc3c2)cc1. The van der Waals surface area contributed by atoms with Crippen LogP contribution in [0, 0.1) is 0 Å². The molecule has 3 aromatic rings. The maximum Gasteiger partial charge on any atom is 0.339 e. The molecule has 0 fully saturated rings. The summed E-state index contributed by atoms with van der Waals surface area (Å²) in [5.41, 5.74) is -2.49. The second-order valence-electron chi connectivity index (χ2n) is 6.31. The van der Waals surface area contributed by atoms with Crippen molar-refractivity contribution in [2.24, 2.45) is 0 Å². The van der Waals surface area contributed by atoms with Crippen molar-refractivity contribution in [2.45, 2.75) is 25.2 Å². The van der Waals surface area contributed by atoms with Crippen LogP contribution in [0.2, 0.25) is 0 Å². The molecule has 160 valence electrons. The molecule has 0 spiro atoms. The van der Waals surface area contributed by atoms with E-state index >= 15 is 0 Å². The predicted octanol–water partition coefficient (Wildman–Crippen LogP) is 6.39. The first-order valence-electron chi connectivity index (χ1n) is 9.47. The van der Waals surface area contributed by atoms with E-state index in [1.165, 1.54) is 17.4 Å². The number of benzene rings is 3. The van der Waals surface area contributed by atoms with E-state index in [0.717, 1.165) is 22.9 Å². The molecule has 5 nitrogen and oxygen atoms in total. The van der Waals surface area contributed by atoms with Gasteiger partial charge in [-0.1, -0.05) is 48.6 Å². The Balaban J connectivity index is 1.74. The highest BCUT2D eigenvalue weighted by molar-refractivity contribution is 8.68. The van der Waals surface area contributed by atoms with Crippen molar-refractivity contribution in [3.05, 3.63) is 66.7 Å². The van der Waals surface area contributed by atoms with E-state index in [4.69, 9.17) is 25.0 Å². The maximum atomic E-state index is 12.7. The van der Waals surface area contributed by atoms with Crippen LogP contribution in [0.25, 0.3) is 10.8 Å². The van der Waals surface area contributed by atoms with Crippen LogP contribution in [0.3, 0.4) is 0 Å². The Kier molecular flexibility index (Phi) is 7.82. The summed E-state index contributed by atoms with van der Waals surface area (Å²) in [4.78, 5) is 0.101. The number of hydrogen-bond acceptors (Lipinski definition) is 7. The van der Waals surface area contributed by atoms with Crippen LogP contribution in [-0.4, -0.2) is 20.8 Å². The fraction of sp³-hybridized carbons (Fsp3) is 0.238. The number of hydrogen-bond donors (Lipinski definition) is 0. The van der Waals surface area contributed by atoms with Gasteiger partial charge < -0.3 is 13.2 Å². The lowest BCUT2D eigenvalue weighted by atomic mass is 10.1. The Morgan fingerprint density at radius 2 is 1.60 bits per heavy atom. The van der Waals surface area contributed by atoms with E-state index in [-0.39, 0.29) is 10.6 Å². The molecule has 0 saturated heterocycles. The van der Waals surface area contributed by atoms with Crippen LogP contribution in [0.5, 0.6) is 11.5 Å². The van der Waals surface area contributed by atoms with Gasteiger partial charge in [-0.3, -0.25) is 0 Å². The minimum Gasteiger partial charge on any atom is -0.436 e. The standard InChI is InChI=1S/C21H23O5PS3/c1-3-15-29-27(28,24-4-2)25-19-10-12-20(13-11-19)26-30(22,23)21-14-9-17-7-5-6-8-18(17)16-21/h5-14,16H,3-4,15H2,1-2H3. The van der Waals surface area contributed by atoms with Gasteiger partial charge in [0.1, 0.15) is 16.4 Å². The summed E-state index contributed by atoms with van der Waals surface area (Å²) in [5.74, 6) is 1.56. The van der Waals surface area contributed by atoms with Crippen molar-refractivity contribution in [3.8, 4) is 11.5 Å². The summed E-state index contributed by atoms with van der Waals surface area (Å²) >= 11 is 7.08. The van der Waals surface area contributed by atoms with Crippen LogP contribution in [0.1, 0.15) is 20.3 Å². The third kappa shape index (κ3) is 5.99. The Labute approximate surface area is 186 Å². The normalized spacial score (nSPS) is 13.7. The molecule has 9 heteroatoms. The largest absolute Gasteiger partial charge is 0.436 e. The molecule has 0 amide bonds. The first-order valence-corrected chi connectivity index (χ1v) is 15.1. The molecule has 30 heavy (non-hydrogen) atoms. The first-order chi connectivity index (χ1) is 14.3. The molecule has 0 N–H and O–H groups in total. The monoisotopic (exact) mass is 482 g/mol. The lowest BCUT2D eigenvalue weighted by Gasteiger charge is -2.21. The molecule has 0 aliphatic heterocycles.